The number of aliphatic imine (C=N–C) groups is 1. The van der Waals surface area contributed by atoms with E-state index < -0.39 is 0 Å². The van der Waals surface area contributed by atoms with Crippen LogP contribution in [-0.4, -0.2) is 31.0 Å². The number of carbonyl (C=O) groups is 1. The molecule has 0 fully saturated rings. The molecule has 0 atom stereocenters. The molecule has 0 aliphatic carbocycles. The molecular weight excluding hydrogens is 336 g/mol. The highest BCUT2D eigenvalue weighted by Crippen LogP contribution is 2.27. The number of carbonyl (C=O) groups excluding carboxylic acids is 1. The van der Waals surface area contributed by atoms with E-state index in [1.165, 1.54) is 11.3 Å². The first-order valence-electron chi connectivity index (χ1n) is 9.35. The maximum Gasteiger partial charge on any atom is 0.251 e. The summed E-state index contributed by atoms with van der Waals surface area (Å²) in [5, 5.41) is 6.43. The lowest BCUT2D eigenvalue weighted by Gasteiger charge is -2.23. The molecule has 142 valence electrons. The van der Waals surface area contributed by atoms with Crippen LogP contribution in [0.3, 0.4) is 0 Å². The van der Waals surface area contributed by atoms with Crippen LogP contribution in [0, 0.1) is 0 Å². The number of para-hydroxylation sites is 1. The molecule has 2 aromatic carbocycles. The monoisotopic (exact) mass is 364 g/mol. The summed E-state index contributed by atoms with van der Waals surface area (Å²) >= 11 is 0. The number of benzene rings is 2. The van der Waals surface area contributed by atoms with Crippen LogP contribution in [0.4, 0.5) is 5.69 Å². The van der Waals surface area contributed by atoms with Gasteiger partial charge in [-0.15, -0.1) is 0 Å². The van der Waals surface area contributed by atoms with Crippen molar-refractivity contribution in [2.75, 3.05) is 18.5 Å². The molecule has 0 spiro atoms. The lowest BCUT2D eigenvalue weighted by Crippen LogP contribution is -2.41. The average Bonchev–Trinajstić information content (AvgIpc) is 3.05. The van der Waals surface area contributed by atoms with Crippen LogP contribution in [-0.2, 0) is 13.0 Å². The van der Waals surface area contributed by atoms with Gasteiger partial charge in [-0.25, -0.2) is 0 Å². The standard InChI is InChI=1S/C22H28N4O/c1-22(2,3)25-20(27)18-10-7-8-16(14-18)15-24-21(23-4)26-13-12-17-9-5-6-11-19(17)26/h5-11,14H,12-13,15H2,1-4H3,(H,23,24)(H,25,27). The Kier molecular flexibility index (Phi) is 5.49. The molecule has 0 unspecified atom stereocenters. The number of anilines is 1. The van der Waals surface area contributed by atoms with Crippen molar-refractivity contribution in [2.45, 2.75) is 39.3 Å². The van der Waals surface area contributed by atoms with Crippen molar-refractivity contribution in [2.24, 2.45) is 4.99 Å². The molecule has 0 aromatic heterocycles. The predicted molar refractivity (Wildman–Crippen MR) is 111 cm³/mol. The third-order valence-corrected chi connectivity index (χ3v) is 4.48. The molecule has 5 nitrogen and oxygen atoms in total. The Hall–Kier alpha value is -2.82. The molecule has 2 N–H and O–H groups in total. The molecule has 0 saturated heterocycles. The van der Waals surface area contributed by atoms with E-state index in [0.717, 1.165) is 24.5 Å². The zero-order valence-electron chi connectivity index (χ0n) is 16.5. The Morgan fingerprint density at radius 2 is 1.93 bits per heavy atom. The summed E-state index contributed by atoms with van der Waals surface area (Å²) < 4.78 is 0. The van der Waals surface area contributed by atoms with E-state index >= 15 is 0 Å². The first-order chi connectivity index (χ1) is 12.9. The maximum atomic E-state index is 12.4. The van der Waals surface area contributed by atoms with Crippen molar-refractivity contribution in [1.82, 2.24) is 10.6 Å². The van der Waals surface area contributed by atoms with E-state index in [-0.39, 0.29) is 11.4 Å². The van der Waals surface area contributed by atoms with E-state index in [0.29, 0.717) is 12.1 Å². The molecule has 1 aliphatic rings. The lowest BCUT2D eigenvalue weighted by molar-refractivity contribution is 0.0919. The van der Waals surface area contributed by atoms with Crippen LogP contribution in [0.15, 0.2) is 53.5 Å². The van der Waals surface area contributed by atoms with Gasteiger partial charge >= 0.3 is 0 Å². The third-order valence-electron chi connectivity index (χ3n) is 4.48. The van der Waals surface area contributed by atoms with Gasteiger partial charge in [-0.3, -0.25) is 9.79 Å². The molecule has 1 amide bonds. The number of rotatable bonds is 3. The van der Waals surface area contributed by atoms with Gasteiger partial charge in [-0.2, -0.15) is 0 Å². The topological polar surface area (TPSA) is 56.7 Å². The lowest BCUT2D eigenvalue weighted by atomic mass is 10.1. The zero-order chi connectivity index (χ0) is 19.4. The fraction of sp³-hybridized carbons (Fsp3) is 0.364. The zero-order valence-corrected chi connectivity index (χ0v) is 16.5. The molecule has 1 aliphatic heterocycles. The van der Waals surface area contributed by atoms with Crippen LogP contribution in [0.5, 0.6) is 0 Å². The molecule has 3 rings (SSSR count). The van der Waals surface area contributed by atoms with E-state index in [1.54, 1.807) is 7.05 Å². The summed E-state index contributed by atoms with van der Waals surface area (Å²) in [4.78, 5) is 19.0. The van der Waals surface area contributed by atoms with Crippen molar-refractivity contribution in [1.29, 1.82) is 0 Å². The van der Waals surface area contributed by atoms with E-state index in [4.69, 9.17) is 0 Å². The first-order valence-corrected chi connectivity index (χ1v) is 9.35. The Labute approximate surface area is 161 Å². The van der Waals surface area contributed by atoms with Crippen LogP contribution >= 0.6 is 0 Å². The number of fused-ring (bicyclic) bond motifs is 1. The number of guanidine groups is 1. The van der Waals surface area contributed by atoms with Crippen molar-refractivity contribution in [3.63, 3.8) is 0 Å². The molecule has 5 heteroatoms. The van der Waals surface area contributed by atoms with Gasteiger partial charge in [0.1, 0.15) is 0 Å². The number of nitrogens with zero attached hydrogens (tertiary/aromatic N) is 2. The third kappa shape index (κ3) is 4.67. The summed E-state index contributed by atoms with van der Waals surface area (Å²) in [6.07, 6.45) is 1.03. The highest BCUT2D eigenvalue weighted by Gasteiger charge is 2.22. The SMILES string of the molecule is CN=C(NCc1cccc(C(=O)NC(C)(C)C)c1)N1CCc2ccccc21. The minimum atomic E-state index is -0.253. The number of hydrogen-bond donors (Lipinski definition) is 2. The van der Waals surface area contributed by atoms with Gasteiger partial charge in [0.2, 0.25) is 0 Å². The molecule has 2 aromatic rings. The predicted octanol–water partition coefficient (Wildman–Crippen LogP) is 3.35. The van der Waals surface area contributed by atoms with Crippen LogP contribution in [0.1, 0.15) is 42.3 Å². The van der Waals surface area contributed by atoms with Gasteiger partial charge in [-0.05, 0) is 56.5 Å². The van der Waals surface area contributed by atoms with Gasteiger partial charge in [0, 0.05) is 36.9 Å². The second kappa shape index (κ2) is 7.82. The number of hydrogen-bond acceptors (Lipinski definition) is 2. The van der Waals surface area contributed by atoms with E-state index in [1.807, 2.05) is 45.0 Å². The second-order valence-electron chi connectivity index (χ2n) is 7.84. The largest absolute Gasteiger partial charge is 0.352 e. The van der Waals surface area contributed by atoms with Gasteiger partial charge in [0.15, 0.2) is 5.96 Å². The average molecular weight is 364 g/mol. The minimum Gasteiger partial charge on any atom is -0.352 e. The van der Waals surface area contributed by atoms with Crippen LogP contribution in [0.25, 0.3) is 0 Å². The Balaban J connectivity index is 1.68. The smallest absolute Gasteiger partial charge is 0.251 e. The molecular formula is C22H28N4O. The number of amides is 1. The van der Waals surface area contributed by atoms with Crippen molar-refractivity contribution in [3.05, 3.63) is 65.2 Å². The van der Waals surface area contributed by atoms with Crippen molar-refractivity contribution >= 4 is 17.6 Å². The highest BCUT2D eigenvalue weighted by molar-refractivity contribution is 5.98. The number of nitrogens with one attached hydrogen (secondary N) is 2. The summed E-state index contributed by atoms with van der Waals surface area (Å²) in [5.41, 5.74) is 4.03. The summed E-state index contributed by atoms with van der Waals surface area (Å²) in [6.45, 7) is 7.48. The van der Waals surface area contributed by atoms with Gasteiger partial charge in [-0.1, -0.05) is 30.3 Å². The molecule has 0 bridgehead atoms. The molecule has 0 saturated carbocycles. The fourth-order valence-corrected chi connectivity index (χ4v) is 3.27. The Bertz CT molecular complexity index is 851. The van der Waals surface area contributed by atoms with Crippen LogP contribution in [0.2, 0.25) is 0 Å². The quantitative estimate of drug-likeness (QED) is 0.649. The van der Waals surface area contributed by atoms with Gasteiger partial charge in [0.25, 0.3) is 5.91 Å². The summed E-state index contributed by atoms with van der Waals surface area (Å²) in [7, 11) is 1.80. The Morgan fingerprint density at radius 1 is 1.15 bits per heavy atom. The molecule has 1 heterocycles. The van der Waals surface area contributed by atoms with Crippen molar-refractivity contribution < 1.29 is 4.79 Å². The summed E-state index contributed by atoms with van der Waals surface area (Å²) in [6, 6.07) is 16.1. The maximum absolute atomic E-state index is 12.4. The van der Waals surface area contributed by atoms with E-state index in [2.05, 4.69) is 44.8 Å². The second-order valence-corrected chi connectivity index (χ2v) is 7.84. The molecule has 0 radical (unpaired) electrons. The van der Waals surface area contributed by atoms with Crippen molar-refractivity contribution in [3.8, 4) is 0 Å². The van der Waals surface area contributed by atoms with E-state index in [9.17, 15) is 4.79 Å². The van der Waals surface area contributed by atoms with Gasteiger partial charge in [0.05, 0.1) is 0 Å². The highest BCUT2D eigenvalue weighted by atomic mass is 16.1. The van der Waals surface area contributed by atoms with Gasteiger partial charge < -0.3 is 15.5 Å². The minimum absolute atomic E-state index is 0.0535. The Morgan fingerprint density at radius 3 is 2.67 bits per heavy atom. The molecule has 27 heavy (non-hydrogen) atoms. The van der Waals surface area contributed by atoms with Crippen LogP contribution < -0.4 is 15.5 Å². The fourth-order valence-electron chi connectivity index (χ4n) is 3.27. The normalized spacial score (nSPS) is 14.1. The first kappa shape index (κ1) is 19.0. The summed E-state index contributed by atoms with van der Waals surface area (Å²) in [5.74, 6) is 0.798.